The van der Waals surface area contributed by atoms with Crippen molar-refractivity contribution in [2.45, 2.75) is 0 Å². The molecule has 6 N–H and O–H groups in total. The number of nitrogens with zero attached hydrogens (tertiary/aromatic N) is 1. The molecule has 0 radical (unpaired) electrons. The predicted molar refractivity (Wildman–Crippen MR) is 25.4 cm³/mol. The van der Waals surface area contributed by atoms with Crippen LogP contribution < -0.4 is 27.5 Å². The number of nitrogens with two attached hydrogens (primary N) is 3. The lowest BCUT2D eigenvalue weighted by Gasteiger charge is -1.96. The van der Waals surface area contributed by atoms with Gasteiger partial charge in [-0.3, -0.25) is 0 Å². The van der Waals surface area contributed by atoms with Gasteiger partial charge in [-0.25, -0.2) is 0 Å². The highest BCUT2D eigenvalue weighted by Crippen LogP contribution is 1.31. The second kappa shape index (κ2) is 6.34. The Hall–Kier alpha value is -1.66. The van der Waals surface area contributed by atoms with E-state index in [2.05, 4.69) is 10.9 Å². The van der Waals surface area contributed by atoms with Gasteiger partial charge in [0.15, 0.2) is 0 Å². The van der Waals surface area contributed by atoms with Crippen LogP contribution in [0, 0.1) is 0 Å². The van der Waals surface area contributed by atoms with E-state index in [-0.39, 0.29) is 5.96 Å². The van der Waals surface area contributed by atoms with Crippen molar-refractivity contribution in [2.24, 2.45) is 22.4 Å². The predicted octanol–water partition coefficient (Wildman–Crippen LogP) is -4.31. The molecule has 7 nitrogen and oxygen atoms in total. The molecular weight excluding hydrogens is 128 g/mol. The van der Waals surface area contributed by atoms with Crippen LogP contribution in [0.4, 0.5) is 4.79 Å². The Morgan fingerprint density at radius 2 is 1.44 bits per heavy atom. The average molecular weight is 134 g/mol. The number of carboxylic acid groups (broad SMARTS) is 2. The fourth-order valence-electron chi connectivity index (χ4n) is 0. The molecule has 0 atom stereocenters. The Balaban J connectivity index is 0. The molecular formula is C2H6N4O3-2. The Morgan fingerprint density at radius 1 is 1.33 bits per heavy atom. The van der Waals surface area contributed by atoms with Gasteiger partial charge in [0.05, 0.1) is 0 Å². The van der Waals surface area contributed by atoms with E-state index >= 15 is 0 Å². The summed E-state index contributed by atoms with van der Waals surface area (Å²) in [6.45, 7) is 0. The molecule has 54 valence electrons. The van der Waals surface area contributed by atoms with Gasteiger partial charge in [0.2, 0.25) is 5.96 Å². The van der Waals surface area contributed by atoms with Crippen LogP contribution >= 0.6 is 0 Å². The molecule has 7 heteroatoms. The molecule has 0 spiro atoms. The molecule has 0 unspecified atom stereocenters. The van der Waals surface area contributed by atoms with Gasteiger partial charge >= 0.3 is 0 Å². The summed E-state index contributed by atoms with van der Waals surface area (Å²) in [6.07, 6.45) is -2.33. The fraction of sp³-hybridized carbons (Fsp3) is 0. The summed E-state index contributed by atoms with van der Waals surface area (Å²) < 4.78 is 0. The molecule has 0 rings (SSSR count). The second-order valence-electron chi connectivity index (χ2n) is 0.804. The Bertz CT molecular complexity index is 102. The molecule has 0 aliphatic heterocycles. The Morgan fingerprint density at radius 3 is 1.44 bits per heavy atom. The van der Waals surface area contributed by atoms with E-state index < -0.39 is 6.16 Å². The van der Waals surface area contributed by atoms with E-state index in [1.54, 1.807) is 0 Å². The molecule has 0 fully saturated rings. The highest BCUT2D eigenvalue weighted by atomic mass is 16.6. The Labute approximate surface area is 50.7 Å². The van der Waals surface area contributed by atoms with Crippen molar-refractivity contribution in [1.29, 1.82) is 0 Å². The maximum absolute atomic E-state index is 8.33. The molecule has 9 heavy (non-hydrogen) atoms. The quantitative estimate of drug-likeness (QED) is 0.132. The van der Waals surface area contributed by atoms with Crippen molar-refractivity contribution in [3.05, 3.63) is 0 Å². The molecule has 0 aromatic heterocycles. The van der Waals surface area contributed by atoms with Crippen molar-refractivity contribution in [3.63, 3.8) is 0 Å². The zero-order valence-corrected chi connectivity index (χ0v) is 4.40. The lowest BCUT2D eigenvalue weighted by molar-refractivity contribution is -0.415. The molecule has 0 aromatic carbocycles. The molecule has 0 aliphatic carbocycles. The standard InChI is InChI=1S/CH6N4.CH2O3/c2-1(3)5-4;2-1(3)4/h4H2,(H4,2,3,5);(H2,2,3,4)/p-2. The SMILES string of the molecule is NN=C(N)N.O=C([O-])[O-]. The molecule has 0 aromatic rings. The minimum Gasteiger partial charge on any atom is -0.652 e. The summed E-state index contributed by atoms with van der Waals surface area (Å²) in [7, 11) is 0. The van der Waals surface area contributed by atoms with Gasteiger partial charge in [-0.2, -0.15) is 0 Å². The zero-order chi connectivity index (χ0) is 7.86. The minimum atomic E-state index is -2.33. The third kappa shape index (κ3) is 1030. The molecule has 0 bridgehead atoms. The summed E-state index contributed by atoms with van der Waals surface area (Å²) in [5.74, 6) is 4.42. The van der Waals surface area contributed by atoms with Crippen LogP contribution in [-0.2, 0) is 0 Å². The molecule has 0 saturated heterocycles. The summed E-state index contributed by atoms with van der Waals surface area (Å²) >= 11 is 0. The number of hydrogen-bond donors (Lipinski definition) is 3. The number of carbonyl (C=O) groups excluding carboxylic acids is 1. The van der Waals surface area contributed by atoms with Gasteiger partial charge < -0.3 is 32.3 Å². The smallest absolute Gasteiger partial charge is 0.208 e. The minimum absolute atomic E-state index is 0.0926. The lowest BCUT2D eigenvalue weighted by Crippen LogP contribution is -2.37. The van der Waals surface area contributed by atoms with Crippen LogP contribution in [0.25, 0.3) is 0 Å². The van der Waals surface area contributed by atoms with Gasteiger partial charge in [-0.05, 0) is 6.16 Å². The number of guanidine groups is 1. The van der Waals surface area contributed by atoms with Crippen LogP contribution in [0.15, 0.2) is 5.10 Å². The third-order valence-electron chi connectivity index (χ3n) is 0.149. The van der Waals surface area contributed by atoms with Crippen molar-refractivity contribution < 1.29 is 15.0 Å². The highest BCUT2D eigenvalue weighted by Gasteiger charge is 1.62. The van der Waals surface area contributed by atoms with E-state index in [9.17, 15) is 0 Å². The van der Waals surface area contributed by atoms with E-state index in [1.165, 1.54) is 0 Å². The summed E-state index contributed by atoms with van der Waals surface area (Å²) in [5, 5.41) is 19.5. The summed E-state index contributed by atoms with van der Waals surface area (Å²) in [6, 6.07) is 0. The van der Waals surface area contributed by atoms with E-state index in [4.69, 9.17) is 26.5 Å². The lowest BCUT2D eigenvalue weighted by atomic mass is 11.1. The van der Waals surface area contributed by atoms with Crippen LogP contribution in [0.1, 0.15) is 0 Å². The number of hydrogen-bond acceptors (Lipinski definition) is 5. The third-order valence-corrected chi connectivity index (χ3v) is 0.149. The van der Waals surface area contributed by atoms with Gasteiger partial charge in [0.25, 0.3) is 0 Å². The van der Waals surface area contributed by atoms with E-state index in [0.717, 1.165) is 0 Å². The van der Waals surface area contributed by atoms with Crippen molar-refractivity contribution in [2.75, 3.05) is 0 Å². The Kier molecular flexibility index (Phi) is 7.29. The number of hydrazone groups is 1. The first-order chi connectivity index (χ1) is 4.00. The summed E-state index contributed by atoms with van der Waals surface area (Å²) in [5.41, 5.74) is 9.39. The van der Waals surface area contributed by atoms with Gasteiger partial charge in [0, 0.05) is 0 Å². The molecule has 0 heterocycles. The monoisotopic (exact) mass is 134 g/mol. The largest absolute Gasteiger partial charge is 0.652 e. The normalized spacial score (nSPS) is 6.22. The molecule has 0 amide bonds. The van der Waals surface area contributed by atoms with Crippen LogP contribution in [0.5, 0.6) is 0 Å². The first-order valence-corrected chi connectivity index (χ1v) is 1.67. The first kappa shape index (κ1) is 10.3. The zero-order valence-electron chi connectivity index (χ0n) is 4.40. The van der Waals surface area contributed by atoms with Crippen molar-refractivity contribution in [3.8, 4) is 0 Å². The second-order valence-corrected chi connectivity index (χ2v) is 0.804. The molecule has 0 aliphatic rings. The van der Waals surface area contributed by atoms with Gasteiger partial charge in [0.1, 0.15) is 0 Å². The number of carbonyl (C=O) groups is 1. The topological polar surface area (TPSA) is 154 Å². The van der Waals surface area contributed by atoms with Gasteiger partial charge in [-0.15, -0.1) is 5.10 Å². The van der Waals surface area contributed by atoms with Crippen LogP contribution in [0.3, 0.4) is 0 Å². The van der Waals surface area contributed by atoms with Crippen molar-refractivity contribution >= 4 is 12.1 Å². The first-order valence-electron chi connectivity index (χ1n) is 1.67. The fourth-order valence-corrected chi connectivity index (χ4v) is 0. The number of rotatable bonds is 0. The van der Waals surface area contributed by atoms with Gasteiger partial charge in [-0.1, -0.05) is 0 Å². The molecule has 0 saturated carbocycles. The van der Waals surface area contributed by atoms with Crippen LogP contribution in [-0.4, -0.2) is 12.1 Å². The average Bonchev–Trinajstić information content (AvgIpc) is 1.65. The maximum atomic E-state index is 8.33. The van der Waals surface area contributed by atoms with E-state index in [1.807, 2.05) is 0 Å². The van der Waals surface area contributed by atoms with Crippen LogP contribution in [0.2, 0.25) is 0 Å². The summed E-state index contributed by atoms with van der Waals surface area (Å²) in [4.78, 5) is 8.33. The van der Waals surface area contributed by atoms with E-state index in [0.29, 0.717) is 0 Å². The maximum Gasteiger partial charge on any atom is 0.208 e. The van der Waals surface area contributed by atoms with Crippen molar-refractivity contribution in [1.82, 2.24) is 0 Å². The highest BCUT2D eigenvalue weighted by molar-refractivity contribution is 5.75.